The summed E-state index contributed by atoms with van der Waals surface area (Å²) in [5.41, 5.74) is 0.957. The third kappa shape index (κ3) is 7.66. The Kier molecular flexibility index (Phi) is 10.1. The van der Waals surface area contributed by atoms with E-state index in [1.807, 2.05) is 31.2 Å². The van der Waals surface area contributed by atoms with Gasteiger partial charge in [0.15, 0.2) is 0 Å². The van der Waals surface area contributed by atoms with Crippen LogP contribution in [0.15, 0.2) is 48.5 Å². The highest BCUT2D eigenvalue weighted by Gasteiger charge is 2.30. The van der Waals surface area contributed by atoms with Gasteiger partial charge < -0.3 is 19.7 Å². The van der Waals surface area contributed by atoms with Crippen molar-refractivity contribution in [1.29, 1.82) is 0 Å². The molecule has 0 aliphatic heterocycles. The van der Waals surface area contributed by atoms with Gasteiger partial charge in [-0.2, -0.15) is 0 Å². The standard InChI is InChI=1S/C27H35ClN2O4/c1-3-25(27(32)29-22-7-4-5-8-22)30(19-20-10-14-23(33-2)15-11-20)26(31)9-6-18-34-24-16-12-21(28)13-17-24/h10-17,22,25H,3-9,18-19H2,1-2H3,(H,29,32)/t25-/m1/s1. The average molecular weight is 487 g/mol. The Morgan fingerprint density at radius 3 is 2.32 bits per heavy atom. The summed E-state index contributed by atoms with van der Waals surface area (Å²) in [6.07, 6.45) is 5.72. The topological polar surface area (TPSA) is 67.9 Å². The third-order valence-electron chi connectivity index (χ3n) is 6.22. The van der Waals surface area contributed by atoms with Gasteiger partial charge in [0, 0.05) is 24.0 Å². The number of carbonyl (C=O) groups is 2. The maximum Gasteiger partial charge on any atom is 0.243 e. The predicted molar refractivity (Wildman–Crippen MR) is 134 cm³/mol. The first-order valence-corrected chi connectivity index (χ1v) is 12.5. The molecule has 0 spiro atoms. The summed E-state index contributed by atoms with van der Waals surface area (Å²) >= 11 is 5.91. The first kappa shape index (κ1) is 25.9. The van der Waals surface area contributed by atoms with Crippen LogP contribution in [0.25, 0.3) is 0 Å². The van der Waals surface area contributed by atoms with Crippen molar-refractivity contribution in [1.82, 2.24) is 10.2 Å². The fourth-order valence-corrected chi connectivity index (χ4v) is 4.43. The molecule has 2 aromatic carbocycles. The predicted octanol–water partition coefficient (Wildman–Crippen LogP) is 5.37. The second kappa shape index (κ2) is 13.2. The highest BCUT2D eigenvalue weighted by Crippen LogP contribution is 2.21. The lowest BCUT2D eigenvalue weighted by Crippen LogP contribution is -2.50. The Bertz CT molecular complexity index is 911. The molecule has 1 atom stereocenters. The molecule has 6 nitrogen and oxygen atoms in total. The number of hydrogen-bond donors (Lipinski definition) is 1. The summed E-state index contributed by atoms with van der Waals surface area (Å²) in [4.78, 5) is 28.2. The maximum atomic E-state index is 13.3. The minimum atomic E-state index is -0.507. The lowest BCUT2D eigenvalue weighted by molar-refractivity contribution is -0.141. The van der Waals surface area contributed by atoms with Crippen LogP contribution in [0, 0.1) is 0 Å². The number of ether oxygens (including phenoxy) is 2. The second-order valence-corrected chi connectivity index (χ2v) is 9.13. The van der Waals surface area contributed by atoms with E-state index in [0.717, 1.165) is 37.0 Å². The Labute approximate surface area is 207 Å². The number of hydrogen-bond acceptors (Lipinski definition) is 4. The van der Waals surface area contributed by atoms with E-state index < -0.39 is 6.04 Å². The van der Waals surface area contributed by atoms with Gasteiger partial charge in [-0.3, -0.25) is 9.59 Å². The highest BCUT2D eigenvalue weighted by molar-refractivity contribution is 6.30. The molecule has 34 heavy (non-hydrogen) atoms. The van der Waals surface area contributed by atoms with Crippen molar-refractivity contribution in [2.45, 2.75) is 70.5 Å². The number of methoxy groups -OCH3 is 1. The normalized spacial score (nSPS) is 14.4. The first-order chi connectivity index (χ1) is 16.5. The van der Waals surface area contributed by atoms with Crippen LogP contribution in [0.4, 0.5) is 0 Å². The molecule has 1 fully saturated rings. The van der Waals surface area contributed by atoms with Crippen molar-refractivity contribution in [3.63, 3.8) is 0 Å². The maximum absolute atomic E-state index is 13.3. The number of carbonyl (C=O) groups excluding carboxylic acids is 2. The summed E-state index contributed by atoms with van der Waals surface area (Å²) in [5, 5.41) is 3.83. The monoisotopic (exact) mass is 486 g/mol. The molecule has 7 heteroatoms. The van der Waals surface area contributed by atoms with E-state index in [0.29, 0.717) is 43.2 Å². The number of nitrogens with one attached hydrogen (secondary N) is 1. The van der Waals surface area contributed by atoms with E-state index in [1.54, 1.807) is 36.3 Å². The Balaban J connectivity index is 1.64. The van der Waals surface area contributed by atoms with Crippen molar-refractivity contribution < 1.29 is 19.1 Å². The summed E-state index contributed by atoms with van der Waals surface area (Å²) in [5.74, 6) is 1.36. The van der Waals surface area contributed by atoms with E-state index in [4.69, 9.17) is 21.1 Å². The quantitative estimate of drug-likeness (QED) is 0.409. The average Bonchev–Trinajstić information content (AvgIpc) is 3.36. The number of benzene rings is 2. The second-order valence-electron chi connectivity index (χ2n) is 8.69. The van der Waals surface area contributed by atoms with Crippen LogP contribution in [0.1, 0.15) is 57.4 Å². The number of halogens is 1. The molecule has 1 N–H and O–H groups in total. The van der Waals surface area contributed by atoms with Crippen molar-refractivity contribution in [3.8, 4) is 11.5 Å². The van der Waals surface area contributed by atoms with Gasteiger partial charge in [0.05, 0.1) is 13.7 Å². The van der Waals surface area contributed by atoms with Crippen LogP contribution in [0.2, 0.25) is 5.02 Å². The van der Waals surface area contributed by atoms with Gasteiger partial charge in [0.1, 0.15) is 17.5 Å². The first-order valence-electron chi connectivity index (χ1n) is 12.1. The van der Waals surface area contributed by atoms with E-state index in [-0.39, 0.29) is 17.9 Å². The SMILES string of the molecule is CC[C@H](C(=O)NC1CCCC1)N(Cc1ccc(OC)cc1)C(=O)CCCOc1ccc(Cl)cc1. The molecule has 3 rings (SSSR count). The highest BCUT2D eigenvalue weighted by atomic mass is 35.5. The third-order valence-corrected chi connectivity index (χ3v) is 6.47. The van der Waals surface area contributed by atoms with Crippen molar-refractivity contribution >= 4 is 23.4 Å². The molecular weight excluding hydrogens is 452 g/mol. The zero-order valence-corrected chi connectivity index (χ0v) is 20.9. The summed E-state index contributed by atoms with van der Waals surface area (Å²) < 4.78 is 11.0. The van der Waals surface area contributed by atoms with Crippen LogP contribution in [0.3, 0.4) is 0 Å². The Hall–Kier alpha value is -2.73. The fourth-order valence-electron chi connectivity index (χ4n) is 4.30. The Morgan fingerprint density at radius 2 is 1.71 bits per heavy atom. The van der Waals surface area contributed by atoms with Gasteiger partial charge in [0.25, 0.3) is 0 Å². The van der Waals surface area contributed by atoms with Crippen molar-refractivity contribution in [2.24, 2.45) is 0 Å². The molecule has 2 aromatic rings. The van der Waals surface area contributed by atoms with E-state index in [9.17, 15) is 9.59 Å². The van der Waals surface area contributed by atoms with Crippen LogP contribution in [-0.4, -0.2) is 42.5 Å². The molecule has 0 unspecified atom stereocenters. The smallest absolute Gasteiger partial charge is 0.243 e. The lowest BCUT2D eigenvalue weighted by atomic mass is 10.1. The molecule has 1 aliphatic carbocycles. The van der Waals surface area contributed by atoms with Gasteiger partial charge in [-0.05, 0) is 67.6 Å². The molecule has 0 saturated heterocycles. The minimum Gasteiger partial charge on any atom is -0.497 e. The number of rotatable bonds is 12. The molecule has 0 aromatic heterocycles. The minimum absolute atomic E-state index is 0.0519. The van der Waals surface area contributed by atoms with Crippen molar-refractivity contribution in [2.75, 3.05) is 13.7 Å². The number of amides is 2. The summed E-state index contributed by atoms with van der Waals surface area (Å²) in [6, 6.07) is 14.5. The molecule has 0 bridgehead atoms. The van der Waals surface area contributed by atoms with Crippen LogP contribution >= 0.6 is 11.6 Å². The molecule has 0 heterocycles. The van der Waals surface area contributed by atoms with Crippen LogP contribution in [0.5, 0.6) is 11.5 Å². The summed E-state index contributed by atoms with van der Waals surface area (Å²) in [6.45, 7) is 2.74. The van der Waals surface area contributed by atoms with Gasteiger partial charge in [0.2, 0.25) is 11.8 Å². The zero-order valence-electron chi connectivity index (χ0n) is 20.1. The number of nitrogens with zero attached hydrogens (tertiary/aromatic N) is 1. The van der Waals surface area contributed by atoms with Crippen LogP contribution in [-0.2, 0) is 16.1 Å². The molecule has 0 radical (unpaired) electrons. The summed E-state index contributed by atoms with van der Waals surface area (Å²) in [7, 11) is 1.62. The largest absolute Gasteiger partial charge is 0.497 e. The fraction of sp³-hybridized carbons (Fsp3) is 0.481. The molecule has 2 amide bonds. The van der Waals surface area contributed by atoms with E-state index >= 15 is 0 Å². The lowest BCUT2D eigenvalue weighted by Gasteiger charge is -2.31. The van der Waals surface area contributed by atoms with Gasteiger partial charge in [-0.15, -0.1) is 0 Å². The van der Waals surface area contributed by atoms with E-state index in [2.05, 4.69) is 5.32 Å². The van der Waals surface area contributed by atoms with Crippen LogP contribution < -0.4 is 14.8 Å². The van der Waals surface area contributed by atoms with Gasteiger partial charge >= 0.3 is 0 Å². The van der Waals surface area contributed by atoms with Gasteiger partial charge in [-0.25, -0.2) is 0 Å². The zero-order chi connectivity index (χ0) is 24.3. The molecular formula is C27H35ClN2O4. The van der Waals surface area contributed by atoms with Crippen molar-refractivity contribution in [3.05, 3.63) is 59.1 Å². The molecule has 1 aliphatic rings. The van der Waals surface area contributed by atoms with Gasteiger partial charge in [-0.1, -0.05) is 43.5 Å². The molecule has 1 saturated carbocycles. The Morgan fingerprint density at radius 1 is 1.06 bits per heavy atom. The van der Waals surface area contributed by atoms with E-state index in [1.165, 1.54) is 0 Å². The molecule has 184 valence electrons.